The molecule has 0 saturated carbocycles. The molecule has 0 rings (SSSR count). The van der Waals surface area contributed by atoms with Crippen LogP contribution < -0.4 is 5.73 Å². The fourth-order valence-corrected chi connectivity index (χ4v) is 11.2. The van der Waals surface area contributed by atoms with Crippen LogP contribution in [0, 0.1) is 0 Å². The van der Waals surface area contributed by atoms with E-state index in [-0.39, 0.29) is 0 Å². The molecule has 0 unspecified atom stereocenters. The average Bonchev–Trinajstić information content (AvgIpc) is 2.54. The van der Waals surface area contributed by atoms with Crippen LogP contribution in [0.25, 0.3) is 0 Å². The molecule has 21 heteroatoms. The van der Waals surface area contributed by atoms with Gasteiger partial charge in [-0.2, -0.15) is 11.8 Å². The van der Waals surface area contributed by atoms with Crippen molar-refractivity contribution in [3.05, 3.63) is 0 Å². The predicted octanol–water partition coefficient (Wildman–Crippen LogP) is -0.728. The number of quaternary nitrogens is 1. The van der Waals surface area contributed by atoms with Crippen LogP contribution in [0.5, 0.6) is 0 Å². The summed E-state index contributed by atoms with van der Waals surface area (Å²) >= 11 is 1.60. The summed E-state index contributed by atoms with van der Waals surface area (Å²) in [5, 5.41) is 8.27. The molecule has 0 aliphatic rings. The third-order valence-corrected chi connectivity index (χ3v) is 12.8. The maximum absolute atomic E-state index is 11.6. The van der Waals surface area contributed by atoms with E-state index in [0.29, 0.717) is 6.42 Å². The number of aliphatic carboxylic acids is 1. The lowest BCUT2D eigenvalue weighted by atomic mass is 10.2. The Kier molecular flexibility index (Phi) is 13.9. The zero-order chi connectivity index (χ0) is 26.3. The molecule has 1 atom stereocenters. The van der Waals surface area contributed by atoms with Crippen molar-refractivity contribution in [2.24, 2.45) is 5.73 Å². The Morgan fingerprint density at radius 1 is 0.812 bits per heavy atom. The summed E-state index contributed by atoms with van der Waals surface area (Å²) in [6.45, 7) is 0.552. The summed E-state index contributed by atoms with van der Waals surface area (Å²) in [5.41, 5.74) is -0.875. The van der Waals surface area contributed by atoms with E-state index in [9.17, 15) is 62.2 Å². The maximum atomic E-state index is 11.6. The van der Waals surface area contributed by atoms with Crippen LogP contribution in [0.15, 0.2) is 0 Å². The molecule has 0 aromatic rings. The molecular formula is C11H31N2O14P4S+. The van der Waals surface area contributed by atoms with Crippen molar-refractivity contribution in [1.29, 1.82) is 0 Å². The molecule has 32 heavy (non-hydrogen) atoms. The van der Waals surface area contributed by atoms with Gasteiger partial charge in [0.15, 0.2) is 0 Å². The lowest BCUT2D eigenvalue weighted by Crippen LogP contribution is -2.60. The summed E-state index contributed by atoms with van der Waals surface area (Å²) in [7, 11) is -22.9. The molecule has 0 aliphatic carbocycles. The molecule has 16 nitrogen and oxygen atoms in total. The van der Waals surface area contributed by atoms with Crippen LogP contribution in [-0.2, 0) is 23.1 Å². The second-order valence-corrected chi connectivity index (χ2v) is 15.0. The summed E-state index contributed by atoms with van der Waals surface area (Å²) < 4.78 is 44.5. The van der Waals surface area contributed by atoms with Gasteiger partial charge in [-0.15, -0.1) is 0 Å². The number of carboxylic acids is 1. The topological polar surface area (TPSA) is 293 Å². The van der Waals surface area contributed by atoms with Gasteiger partial charge in [0.05, 0.1) is 13.1 Å². The Labute approximate surface area is 188 Å². The van der Waals surface area contributed by atoms with Crippen molar-refractivity contribution in [3.63, 3.8) is 0 Å². The average molecular weight is 571 g/mol. The number of rotatable bonds is 12. The zero-order valence-electron chi connectivity index (χ0n) is 17.3. The number of hydrogen-bond donors (Lipinski definition) is 10. The first-order valence-electron chi connectivity index (χ1n) is 8.58. The molecule has 0 radical (unpaired) electrons. The number of carbonyl (C=O) groups is 1. The van der Waals surface area contributed by atoms with E-state index in [1.165, 1.54) is 0 Å². The Bertz CT molecular complexity index is 705. The number of thioether (sulfide) groups is 1. The third-order valence-electron chi connectivity index (χ3n) is 4.25. The minimum absolute atomic E-state index is 0.552. The van der Waals surface area contributed by atoms with Crippen LogP contribution in [-0.4, -0.2) is 96.9 Å². The molecule has 0 aromatic heterocycles. The normalized spacial score (nSPS) is 14.8. The molecule has 0 aliphatic heterocycles. The molecule has 0 fully saturated rings. The number of hydrogen-bond acceptors (Lipinski definition) is 7. The third kappa shape index (κ3) is 10.3. The van der Waals surface area contributed by atoms with Crippen molar-refractivity contribution < 1.29 is 71.8 Å². The predicted molar refractivity (Wildman–Crippen MR) is 116 cm³/mol. The monoisotopic (exact) mass is 571 g/mol. The number of carboxylic acid groups (broad SMARTS) is 1. The van der Waals surface area contributed by atoms with Crippen LogP contribution in [0.1, 0.15) is 20.3 Å². The molecule has 0 saturated heterocycles. The fraction of sp³-hybridized carbons (Fsp3) is 0.909. The highest BCUT2D eigenvalue weighted by atomic mass is 32.2. The summed E-state index contributed by atoms with van der Waals surface area (Å²) in [6, 6.07) is -0.683. The smallest absolute Gasteiger partial charge is 0.395 e. The minimum atomic E-state index is -5.72. The highest BCUT2D eigenvalue weighted by molar-refractivity contribution is 7.98. The van der Waals surface area contributed by atoms with Crippen LogP contribution in [0.2, 0.25) is 0 Å². The fourth-order valence-electron chi connectivity index (χ4n) is 2.95. The van der Waals surface area contributed by atoms with E-state index >= 15 is 0 Å². The molecule has 11 N–H and O–H groups in total. The highest BCUT2D eigenvalue weighted by Gasteiger charge is 2.68. The van der Waals surface area contributed by atoms with Crippen LogP contribution in [0.4, 0.5) is 0 Å². The first-order chi connectivity index (χ1) is 14.0. The van der Waals surface area contributed by atoms with Gasteiger partial charge in [0, 0.05) is 0 Å². The molecule has 0 aromatic carbocycles. The van der Waals surface area contributed by atoms with Gasteiger partial charge in [-0.3, -0.25) is 27.5 Å². The van der Waals surface area contributed by atoms with Gasteiger partial charge in [0.2, 0.25) is 0 Å². The summed E-state index contributed by atoms with van der Waals surface area (Å²) in [6.07, 6.45) is 2.48. The zero-order valence-corrected chi connectivity index (χ0v) is 21.7. The second-order valence-electron chi connectivity index (χ2n) is 6.51. The van der Waals surface area contributed by atoms with Gasteiger partial charge < -0.3 is 50.0 Å². The lowest BCUT2D eigenvalue weighted by Gasteiger charge is -2.47. The van der Waals surface area contributed by atoms with Gasteiger partial charge in [0.25, 0.3) is 11.0 Å². The van der Waals surface area contributed by atoms with E-state index < -0.39 is 71.0 Å². The van der Waals surface area contributed by atoms with Gasteiger partial charge in [-0.1, -0.05) is 0 Å². The van der Waals surface area contributed by atoms with Crippen LogP contribution >= 0.6 is 42.1 Å². The lowest BCUT2D eigenvalue weighted by molar-refractivity contribution is -0.927. The Morgan fingerprint density at radius 2 is 1.09 bits per heavy atom. The quantitative estimate of drug-likeness (QED) is 0.102. The number of nitrogens with two attached hydrogens (primary N) is 1. The first-order valence-corrected chi connectivity index (χ1v) is 16.7. The minimum Gasteiger partial charge on any atom is -0.480 e. The highest BCUT2D eigenvalue weighted by Crippen LogP contribution is 2.71. The van der Waals surface area contributed by atoms with Crippen molar-refractivity contribution in [1.82, 2.24) is 0 Å². The van der Waals surface area contributed by atoms with E-state index in [1.54, 1.807) is 11.8 Å². The van der Waals surface area contributed by atoms with Crippen molar-refractivity contribution in [2.75, 3.05) is 25.1 Å². The molecule has 0 bridgehead atoms. The Morgan fingerprint density at radius 3 is 1.25 bits per heavy atom. The second kappa shape index (κ2) is 12.9. The van der Waals surface area contributed by atoms with Crippen molar-refractivity contribution in [3.8, 4) is 0 Å². The van der Waals surface area contributed by atoms with Crippen molar-refractivity contribution >= 4 is 48.1 Å². The van der Waals surface area contributed by atoms with E-state index in [2.05, 4.69) is 0 Å². The molecule has 194 valence electrons. The Hall–Kier alpha value is 0.340. The first kappa shape index (κ1) is 34.5. The van der Waals surface area contributed by atoms with Crippen molar-refractivity contribution in [2.45, 2.75) is 37.4 Å². The molecule has 0 amide bonds. The van der Waals surface area contributed by atoms with Gasteiger partial charge in [0.1, 0.15) is 6.04 Å². The van der Waals surface area contributed by atoms with Gasteiger partial charge in [-0.25, -0.2) is 0 Å². The number of nitrogens with zero attached hydrogens (tertiary/aromatic N) is 1. The van der Waals surface area contributed by atoms with E-state index in [0.717, 1.165) is 19.6 Å². The molecular weight excluding hydrogens is 540 g/mol. The van der Waals surface area contributed by atoms with Gasteiger partial charge in [-0.05, 0) is 32.3 Å². The Balaban J connectivity index is 0. The van der Waals surface area contributed by atoms with Gasteiger partial charge >= 0.3 is 36.4 Å². The summed E-state index contributed by atoms with van der Waals surface area (Å²) in [5.74, 6) is -0.1000. The maximum Gasteiger partial charge on any atom is 0.395 e. The molecule has 0 spiro atoms. The van der Waals surface area contributed by atoms with E-state index in [4.69, 9.17) is 10.8 Å². The molecule has 0 heterocycles. The van der Waals surface area contributed by atoms with E-state index in [1.807, 2.05) is 6.26 Å². The largest absolute Gasteiger partial charge is 0.480 e. The summed E-state index contributed by atoms with van der Waals surface area (Å²) in [4.78, 5) is 84.4. The van der Waals surface area contributed by atoms with Crippen LogP contribution in [0.3, 0.4) is 0 Å². The standard InChI is InChI=1S/C6H19NO12P4.C5H11NO2S/c1-3-7(4-2,5(20(8,9)10)21(11,12)13)6(22(14,15)16)23(17,18)19;1-9-3-2-4(6)5(7)8/h5-6H,3-4H2,1-2H3,(H7-,8,9,10,11,12,13,14,15,16,17,18,19);4H,2-3,6H2,1H3,(H,7,8)/p+1/t;4-/m.0/s1. The SMILES string of the molecule is CC[N+](CC)(C(P(=O)(O)O)P(=O)(O)O)C(P(=O)(O)O)P(=O)(O)O.CSCC[C@H](N)C(=O)O.